The zero-order valence-corrected chi connectivity index (χ0v) is 9.36. The Morgan fingerprint density at radius 3 is 2.58 bits per heavy atom. The van der Waals surface area contributed by atoms with Gasteiger partial charge in [-0.3, -0.25) is 4.89 Å². The van der Waals surface area contributed by atoms with Crippen LogP contribution in [0.2, 0.25) is 0 Å². The van der Waals surface area contributed by atoms with E-state index in [1.807, 2.05) is 6.11 Å². The normalized spacial score (nSPS) is 10.2. The van der Waals surface area contributed by atoms with E-state index in [0.29, 0.717) is 6.61 Å². The van der Waals surface area contributed by atoms with Gasteiger partial charge in [-0.15, -0.1) is 4.33 Å². The number of hydrogen-bond donors (Lipinski definition) is 1. The smallest absolute Gasteiger partial charge is 0.210 e. The van der Waals surface area contributed by atoms with Crippen LogP contribution in [-0.2, 0) is 48.5 Å². The predicted octanol–water partition coefficient (Wildman–Crippen LogP) is 0.659. The van der Waals surface area contributed by atoms with Gasteiger partial charge in [0.05, 0.1) is 6.61 Å². The molecule has 0 aromatic heterocycles. The third kappa shape index (κ3) is 7.05. The lowest BCUT2D eigenvalue weighted by atomic mass is 10.9. The van der Waals surface area contributed by atoms with Crippen molar-refractivity contribution in [3.8, 4) is 11.4 Å². The molecule has 0 heterocycles. The van der Waals surface area contributed by atoms with Crippen molar-refractivity contribution in [2.24, 2.45) is 0 Å². The maximum atomic E-state index is 4.63. The van der Waals surface area contributed by atoms with Crippen LogP contribution in [0.4, 0.5) is 0 Å². The summed E-state index contributed by atoms with van der Waals surface area (Å²) in [6, 6.07) is 0. The second kappa shape index (κ2) is 6.85. The van der Waals surface area contributed by atoms with Gasteiger partial charge in [-0.2, -0.15) is 0 Å². The summed E-state index contributed by atoms with van der Waals surface area (Å²) in [6.45, 7) is 2.04. The number of thiol groups is 1. The summed E-state index contributed by atoms with van der Waals surface area (Å²) in [4.78, 5) is 8.72. The molecule has 0 aliphatic carbocycles. The van der Waals surface area contributed by atoms with Crippen molar-refractivity contribution in [1.29, 1.82) is 0 Å². The summed E-state index contributed by atoms with van der Waals surface area (Å²) in [6.07, 6.45) is 2.02. The second-order valence-electron chi connectivity index (χ2n) is 1.25. The molecule has 0 saturated heterocycles. The first-order chi connectivity index (χ1) is 5.62. The number of hydrogen-bond acceptors (Lipinski definition) is 7. The van der Waals surface area contributed by atoms with Gasteiger partial charge in [0.2, 0.25) is 7.71 Å². The van der Waals surface area contributed by atoms with Crippen molar-refractivity contribution in [3.05, 3.63) is 0 Å². The molecule has 0 aromatic rings. The average molecular weight is 246 g/mol. The molecule has 0 saturated carbocycles. The molecule has 0 rings (SSSR count). The molecule has 0 spiro atoms. The minimum atomic E-state index is -2.63. The summed E-state index contributed by atoms with van der Waals surface area (Å²) in [5.41, 5.74) is 0. The van der Waals surface area contributed by atoms with Crippen LogP contribution in [0.1, 0.15) is 6.92 Å². The molecule has 8 heteroatoms. The van der Waals surface area contributed by atoms with Gasteiger partial charge in [0.15, 0.2) is 6.11 Å². The minimum Gasteiger partial charge on any atom is -0.266 e. The highest BCUT2D eigenvalue weighted by Gasteiger charge is 2.03. The Balaban J connectivity index is 3.77. The molecule has 0 unspecified atom stereocenters. The summed E-state index contributed by atoms with van der Waals surface area (Å²) < 4.78 is 8.91. The molecule has 0 amide bonds. The van der Waals surface area contributed by atoms with Crippen LogP contribution in [0.3, 0.4) is 0 Å². The molecule has 0 atom stereocenters. The molecule has 0 N–H and O–H groups in total. The van der Waals surface area contributed by atoms with E-state index < -0.39 is 7.71 Å². The second-order valence-corrected chi connectivity index (χ2v) is 5.83. The van der Waals surface area contributed by atoms with Crippen molar-refractivity contribution < 1.29 is 18.4 Å². The molecule has 0 aliphatic rings. The van der Waals surface area contributed by atoms with Crippen molar-refractivity contribution in [3.63, 3.8) is 0 Å². The lowest BCUT2D eigenvalue weighted by Gasteiger charge is -2.04. The standard InChI is InChI=1S/C4H6O4S4/c1-2-5-7-12(10,11)8-6-3-4-9/h9H,2H2,1H3. The predicted molar refractivity (Wildman–Crippen MR) is 53.7 cm³/mol. The third-order valence-electron chi connectivity index (χ3n) is 0.454. The maximum Gasteiger partial charge on any atom is 0.210 e. The first-order valence-corrected chi connectivity index (χ1v) is 6.45. The summed E-state index contributed by atoms with van der Waals surface area (Å²) >= 11 is 12.8. The van der Waals surface area contributed by atoms with E-state index in [2.05, 4.69) is 58.7 Å². The molecule has 0 aliphatic heterocycles. The van der Waals surface area contributed by atoms with Crippen LogP contribution in [0.5, 0.6) is 0 Å². The highest BCUT2D eigenvalue weighted by atomic mass is 33.1. The first kappa shape index (κ1) is 12.4. The van der Waals surface area contributed by atoms with E-state index in [0.717, 1.165) is 0 Å². The zero-order valence-electron chi connectivity index (χ0n) is 6.01. The van der Waals surface area contributed by atoms with Crippen molar-refractivity contribution in [2.75, 3.05) is 6.61 Å². The largest absolute Gasteiger partial charge is 0.266 e. The van der Waals surface area contributed by atoms with Crippen LogP contribution >= 0.6 is 12.6 Å². The van der Waals surface area contributed by atoms with Gasteiger partial charge in [0.1, 0.15) is 0 Å². The van der Waals surface area contributed by atoms with Crippen LogP contribution in [0.25, 0.3) is 0 Å². The van der Waals surface area contributed by atoms with Gasteiger partial charge in [0.25, 0.3) is 0 Å². The van der Waals surface area contributed by atoms with Crippen LogP contribution in [0.15, 0.2) is 0 Å². The Kier molecular flexibility index (Phi) is 7.07. The molecule has 0 fully saturated rings. The van der Waals surface area contributed by atoms with Crippen LogP contribution < -0.4 is 0 Å². The van der Waals surface area contributed by atoms with Gasteiger partial charge in [-0.05, 0) is 6.92 Å². The SMILES string of the molecule is CCOOS(=S)(=S)OOC#CS. The van der Waals surface area contributed by atoms with Gasteiger partial charge in [0, 0.05) is 27.6 Å². The van der Waals surface area contributed by atoms with E-state index >= 15 is 0 Å². The maximum absolute atomic E-state index is 4.63. The van der Waals surface area contributed by atoms with Crippen LogP contribution in [0, 0.1) is 11.4 Å². The number of rotatable bonds is 5. The summed E-state index contributed by atoms with van der Waals surface area (Å²) in [5.74, 6) is 0. The third-order valence-corrected chi connectivity index (χ3v) is 1.71. The molecular weight excluding hydrogens is 240 g/mol. The van der Waals surface area contributed by atoms with Gasteiger partial charge >= 0.3 is 0 Å². The molecule has 0 radical (unpaired) electrons. The summed E-state index contributed by atoms with van der Waals surface area (Å²) in [5, 5.41) is 2.12. The van der Waals surface area contributed by atoms with E-state index in [1.54, 1.807) is 6.92 Å². The lowest BCUT2D eigenvalue weighted by molar-refractivity contribution is -0.218. The monoisotopic (exact) mass is 246 g/mol. The quantitative estimate of drug-likeness (QED) is 0.332. The highest BCUT2D eigenvalue weighted by molar-refractivity contribution is 8.51. The Bertz CT molecular complexity index is 261. The fraction of sp³-hybridized carbons (Fsp3) is 0.500. The van der Waals surface area contributed by atoms with Crippen molar-refractivity contribution in [2.45, 2.75) is 6.92 Å². The first-order valence-electron chi connectivity index (χ1n) is 2.67. The van der Waals surface area contributed by atoms with Crippen molar-refractivity contribution >= 4 is 42.7 Å². The lowest BCUT2D eigenvalue weighted by Crippen LogP contribution is -2.06. The van der Waals surface area contributed by atoms with Crippen molar-refractivity contribution in [1.82, 2.24) is 0 Å². The Labute approximate surface area is 86.0 Å². The van der Waals surface area contributed by atoms with Gasteiger partial charge in [-0.25, -0.2) is 4.89 Å². The molecule has 12 heavy (non-hydrogen) atoms. The molecule has 0 aromatic carbocycles. The molecule has 4 nitrogen and oxygen atoms in total. The van der Waals surface area contributed by atoms with E-state index in [-0.39, 0.29) is 0 Å². The Morgan fingerprint density at radius 1 is 1.42 bits per heavy atom. The average Bonchev–Trinajstić information content (AvgIpc) is 2.01. The summed E-state index contributed by atoms with van der Waals surface area (Å²) in [7, 11) is -2.63. The topological polar surface area (TPSA) is 36.9 Å². The fourth-order valence-corrected chi connectivity index (χ4v) is 0.989. The zero-order chi connectivity index (χ0) is 9.45. The van der Waals surface area contributed by atoms with E-state index in [4.69, 9.17) is 0 Å². The highest BCUT2D eigenvalue weighted by Crippen LogP contribution is 1.98. The van der Waals surface area contributed by atoms with Gasteiger partial charge in [-0.1, -0.05) is 17.0 Å². The van der Waals surface area contributed by atoms with E-state index in [9.17, 15) is 0 Å². The molecule has 70 valence electrons. The minimum absolute atomic E-state index is 0.323. The fourth-order valence-electron chi connectivity index (χ4n) is 0.196. The van der Waals surface area contributed by atoms with E-state index in [1.165, 1.54) is 0 Å². The molecule has 0 bridgehead atoms. The van der Waals surface area contributed by atoms with Gasteiger partial charge < -0.3 is 0 Å². The van der Waals surface area contributed by atoms with Crippen LogP contribution in [-0.4, -0.2) is 6.61 Å². The Hall–Kier alpha value is 0.380. The Morgan fingerprint density at radius 2 is 2.08 bits per heavy atom. The molecular formula is C4H6O4S4.